The zero-order valence-corrected chi connectivity index (χ0v) is 14.5. The number of hydrogen-bond donors (Lipinski definition) is 2. The van der Waals surface area contributed by atoms with E-state index < -0.39 is 11.9 Å². The van der Waals surface area contributed by atoms with Crippen molar-refractivity contribution in [1.29, 1.82) is 0 Å². The Morgan fingerprint density at radius 1 is 0.808 bits per heavy atom. The summed E-state index contributed by atoms with van der Waals surface area (Å²) in [5.74, 6) is -2.28. The Morgan fingerprint density at radius 2 is 1.46 bits per heavy atom. The molecule has 2 aromatic heterocycles. The standard InChI is InChI=1S/C18H10Cl2N2O4/c19-11-1-2-12(13(20)8-11)14-6-10(18(25)26)7-16(22-14)15-5-9(17(23)24)3-4-21-15/h1-8H,(H,23,24)(H,25,26). The molecule has 2 N–H and O–H groups in total. The molecule has 0 spiro atoms. The first-order valence-corrected chi connectivity index (χ1v) is 8.01. The smallest absolute Gasteiger partial charge is 0.335 e. The van der Waals surface area contributed by atoms with Crippen molar-refractivity contribution >= 4 is 35.1 Å². The average Bonchev–Trinajstić information content (AvgIpc) is 2.61. The van der Waals surface area contributed by atoms with Crippen molar-refractivity contribution in [2.45, 2.75) is 0 Å². The molecule has 0 saturated heterocycles. The minimum Gasteiger partial charge on any atom is -0.478 e. The van der Waals surface area contributed by atoms with Crippen molar-refractivity contribution < 1.29 is 19.8 Å². The van der Waals surface area contributed by atoms with Gasteiger partial charge in [-0.3, -0.25) is 4.98 Å². The Hall–Kier alpha value is -2.96. The number of hydrogen-bond acceptors (Lipinski definition) is 4. The van der Waals surface area contributed by atoms with Crippen LogP contribution in [0.15, 0.2) is 48.7 Å². The summed E-state index contributed by atoms with van der Waals surface area (Å²) < 4.78 is 0. The second-order valence-corrected chi connectivity index (χ2v) is 6.13. The third-order valence-corrected chi connectivity index (χ3v) is 4.10. The molecule has 26 heavy (non-hydrogen) atoms. The highest BCUT2D eigenvalue weighted by Crippen LogP contribution is 2.31. The maximum absolute atomic E-state index is 11.5. The van der Waals surface area contributed by atoms with Crippen LogP contribution in [0.4, 0.5) is 0 Å². The van der Waals surface area contributed by atoms with Crippen LogP contribution >= 0.6 is 23.2 Å². The van der Waals surface area contributed by atoms with Crippen LogP contribution in [0.25, 0.3) is 22.6 Å². The van der Waals surface area contributed by atoms with E-state index in [1.54, 1.807) is 12.1 Å². The van der Waals surface area contributed by atoms with Crippen LogP contribution in [0.2, 0.25) is 10.0 Å². The number of halogens is 2. The van der Waals surface area contributed by atoms with Crippen molar-refractivity contribution in [3.8, 4) is 22.6 Å². The molecule has 0 bridgehead atoms. The van der Waals surface area contributed by atoms with Crippen molar-refractivity contribution in [1.82, 2.24) is 9.97 Å². The number of rotatable bonds is 4. The number of benzene rings is 1. The van der Waals surface area contributed by atoms with Crippen molar-refractivity contribution in [3.63, 3.8) is 0 Å². The number of nitrogens with zero attached hydrogens (tertiary/aromatic N) is 2. The highest BCUT2D eigenvalue weighted by atomic mass is 35.5. The van der Waals surface area contributed by atoms with Gasteiger partial charge in [-0.25, -0.2) is 14.6 Å². The van der Waals surface area contributed by atoms with E-state index in [-0.39, 0.29) is 22.5 Å². The Balaban J connectivity index is 2.21. The third-order valence-electron chi connectivity index (χ3n) is 3.55. The van der Waals surface area contributed by atoms with E-state index in [4.69, 9.17) is 28.3 Å². The molecule has 0 saturated carbocycles. The van der Waals surface area contributed by atoms with Gasteiger partial charge in [-0.1, -0.05) is 23.2 Å². The van der Waals surface area contributed by atoms with Gasteiger partial charge < -0.3 is 10.2 Å². The highest BCUT2D eigenvalue weighted by molar-refractivity contribution is 6.36. The van der Waals surface area contributed by atoms with Gasteiger partial charge in [-0.15, -0.1) is 0 Å². The van der Waals surface area contributed by atoms with Gasteiger partial charge in [0.1, 0.15) is 0 Å². The molecule has 0 aliphatic heterocycles. The highest BCUT2D eigenvalue weighted by Gasteiger charge is 2.15. The van der Waals surface area contributed by atoms with Crippen LogP contribution < -0.4 is 0 Å². The van der Waals surface area contributed by atoms with Gasteiger partial charge >= 0.3 is 11.9 Å². The van der Waals surface area contributed by atoms with Gasteiger partial charge in [0.2, 0.25) is 0 Å². The molecular weight excluding hydrogens is 379 g/mol. The fourth-order valence-corrected chi connectivity index (χ4v) is 2.83. The summed E-state index contributed by atoms with van der Waals surface area (Å²) in [6.07, 6.45) is 1.32. The molecule has 130 valence electrons. The lowest BCUT2D eigenvalue weighted by Crippen LogP contribution is -2.02. The topological polar surface area (TPSA) is 100 Å². The maximum Gasteiger partial charge on any atom is 0.335 e. The monoisotopic (exact) mass is 388 g/mol. The predicted molar refractivity (Wildman–Crippen MR) is 96.8 cm³/mol. The maximum atomic E-state index is 11.5. The van der Waals surface area contributed by atoms with E-state index in [0.717, 1.165) is 0 Å². The molecule has 6 nitrogen and oxygen atoms in total. The van der Waals surface area contributed by atoms with Gasteiger partial charge in [-0.05, 0) is 42.5 Å². The first kappa shape index (κ1) is 17.8. The molecule has 0 aliphatic carbocycles. The Bertz CT molecular complexity index is 1040. The second kappa shape index (κ2) is 7.11. The van der Waals surface area contributed by atoms with Gasteiger partial charge in [-0.2, -0.15) is 0 Å². The summed E-state index contributed by atoms with van der Waals surface area (Å²) in [5, 5.41) is 19.3. The number of carboxylic acid groups (broad SMARTS) is 2. The molecule has 3 rings (SSSR count). The predicted octanol–water partition coefficient (Wildman–Crippen LogP) is 4.51. The fourth-order valence-electron chi connectivity index (χ4n) is 2.32. The Labute approximate surface area is 157 Å². The summed E-state index contributed by atoms with van der Waals surface area (Å²) in [5.41, 5.74) is 1.24. The van der Waals surface area contributed by atoms with Crippen LogP contribution in [0, 0.1) is 0 Å². The molecule has 0 unspecified atom stereocenters. The Morgan fingerprint density at radius 3 is 2.12 bits per heavy atom. The van der Waals surface area contributed by atoms with Crippen molar-refractivity contribution in [2.75, 3.05) is 0 Å². The largest absolute Gasteiger partial charge is 0.478 e. The molecule has 0 amide bonds. The molecular formula is C18H10Cl2N2O4. The summed E-state index contributed by atoms with van der Waals surface area (Å²) >= 11 is 12.1. The van der Waals surface area contributed by atoms with Crippen LogP contribution in [0.1, 0.15) is 20.7 Å². The molecule has 0 radical (unpaired) electrons. The van der Waals surface area contributed by atoms with Gasteiger partial charge in [0.25, 0.3) is 0 Å². The minimum atomic E-state index is -1.16. The number of aromatic carboxylic acids is 2. The number of aromatic nitrogens is 2. The van der Waals surface area contributed by atoms with Crippen LogP contribution in [-0.2, 0) is 0 Å². The zero-order valence-electron chi connectivity index (χ0n) is 13.0. The summed E-state index contributed by atoms with van der Waals surface area (Å²) in [7, 11) is 0. The molecule has 0 fully saturated rings. The molecule has 3 aromatic rings. The van der Waals surface area contributed by atoms with E-state index in [9.17, 15) is 14.7 Å². The van der Waals surface area contributed by atoms with Crippen molar-refractivity contribution in [2.24, 2.45) is 0 Å². The molecule has 1 aromatic carbocycles. The molecule has 0 atom stereocenters. The first-order chi connectivity index (χ1) is 12.3. The fraction of sp³-hybridized carbons (Fsp3) is 0. The zero-order chi connectivity index (χ0) is 18.8. The first-order valence-electron chi connectivity index (χ1n) is 7.25. The van der Waals surface area contributed by atoms with Gasteiger partial charge in [0, 0.05) is 16.8 Å². The summed E-state index contributed by atoms with van der Waals surface area (Å²) in [6.45, 7) is 0. The number of carboxylic acids is 2. The lowest BCUT2D eigenvalue weighted by Gasteiger charge is -2.09. The number of pyridine rings is 2. The van der Waals surface area contributed by atoms with Crippen LogP contribution in [-0.4, -0.2) is 32.1 Å². The third kappa shape index (κ3) is 3.66. The van der Waals surface area contributed by atoms with E-state index in [0.29, 0.717) is 21.3 Å². The minimum absolute atomic E-state index is 0.0172. The van der Waals surface area contributed by atoms with Crippen LogP contribution in [0.5, 0.6) is 0 Å². The van der Waals surface area contributed by atoms with E-state index in [1.807, 2.05) is 0 Å². The van der Waals surface area contributed by atoms with Crippen molar-refractivity contribution in [3.05, 3.63) is 69.8 Å². The molecule has 2 heterocycles. The van der Waals surface area contributed by atoms with E-state index in [2.05, 4.69) is 9.97 Å². The summed E-state index contributed by atoms with van der Waals surface area (Å²) in [4.78, 5) is 31.1. The lowest BCUT2D eigenvalue weighted by atomic mass is 10.1. The quantitative estimate of drug-likeness (QED) is 0.681. The SMILES string of the molecule is O=C(O)c1ccnc(-c2cc(C(=O)O)cc(-c3ccc(Cl)cc3Cl)n2)c1. The lowest BCUT2D eigenvalue weighted by molar-refractivity contribution is 0.0686. The number of carbonyl (C=O) groups is 2. The van der Waals surface area contributed by atoms with Gasteiger partial charge in [0.15, 0.2) is 0 Å². The van der Waals surface area contributed by atoms with Crippen LogP contribution in [0.3, 0.4) is 0 Å². The molecule has 8 heteroatoms. The molecule has 0 aliphatic rings. The summed E-state index contributed by atoms with van der Waals surface area (Å²) in [6, 6.07) is 10.1. The van der Waals surface area contributed by atoms with E-state index in [1.165, 1.54) is 36.5 Å². The Kier molecular flexibility index (Phi) is 4.88. The second-order valence-electron chi connectivity index (χ2n) is 5.29. The van der Waals surface area contributed by atoms with E-state index >= 15 is 0 Å². The van der Waals surface area contributed by atoms with Gasteiger partial charge in [0.05, 0.1) is 33.2 Å². The average molecular weight is 389 g/mol. The normalized spacial score (nSPS) is 10.5.